The zero-order valence-corrected chi connectivity index (χ0v) is 14.8. The van der Waals surface area contributed by atoms with Crippen molar-refractivity contribution in [2.45, 2.75) is 6.92 Å². The number of benzene rings is 1. The molecule has 3 aromatic rings. The number of hydrogen-bond donors (Lipinski definition) is 2. The second-order valence-corrected chi connectivity index (χ2v) is 6.00. The topological polar surface area (TPSA) is 62.7 Å². The quantitative estimate of drug-likeness (QED) is 0.606. The van der Waals surface area contributed by atoms with Crippen LogP contribution in [0.25, 0.3) is 11.3 Å². The van der Waals surface area contributed by atoms with Crippen molar-refractivity contribution in [1.82, 2.24) is 15.0 Å². The Morgan fingerprint density at radius 1 is 1.04 bits per heavy atom. The van der Waals surface area contributed by atoms with Crippen LogP contribution in [0.2, 0.25) is 0 Å². The highest BCUT2D eigenvalue weighted by atomic mass is 127. The molecule has 0 aliphatic rings. The van der Waals surface area contributed by atoms with E-state index in [2.05, 4.69) is 54.2 Å². The first kappa shape index (κ1) is 15.7. The minimum Gasteiger partial charge on any atom is -0.354 e. The van der Waals surface area contributed by atoms with Crippen molar-refractivity contribution in [3.05, 3.63) is 58.4 Å². The Morgan fingerprint density at radius 2 is 1.83 bits per heavy atom. The summed E-state index contributed by atoms with van der Waals surface area (Å²) in [5.41, 5.74) is 2.88. The third-order valence-electron chi connectivity index (χ3n) is 3.17. The van der Waals surface area contributed by atoms with Crippen molar-refractivity contribution >= 4 is 40.0 Å². The second kappa shape index (κ2) is 7.36. The minimum absolute atomic E-state index is 0.607. The van der Waals surface area contributed by atoms with Gasteiger partial charge in [0.2, 0.25) is 5.95 Å². The molecule has 6 heteroatoms. The van der Waals surface area contributed by atoms with E-state index >= 15 is 0 Å². The molecule has 0 aliphatic heterocycles. The number of nitrogens with zero attached hydrogens (tertiary/aromatic N) is 3. The first-order valence-corrected chi connectivity index (χ1v) is 8.39. The third kappa shape index (κ3) is 3.95. The lowest BCUT2D eigenvalue weighted by atomic mass is 10.2. The van der Waals surface area contributed by atoms with E-state index in [-0.39, 0.29) is 0 Å². The Hall–Kier alpha value is -2.22. The van der Waals surface area contributed by atoms with E-state index in [1.165, 1.54) is 0 Å². The Morgan fingerprint density at radius 3 is 2.57 bits per heavy atom. The van der Waals surface area contributed by atoms with Gasteiger partial charge in [-0.2, -0.15) is 4.98 Å². The number of rotatable bonds is 5. The van der Waals surface area contributed by atoms with Crippen LogP contribution < -0.4 is 10.6 Å². The maximum absolute atomic E-state index is 4.57. The van der Waals surface area contributed by atoms with E-state index in [0.717, 1.165) is 32.9 Å². The molecule has 23 heavy (non-hydrogen) atoms. The summed E-state index contributed by atoms with van der Waals surface area (Å²) >= 11 is 2.30. The maximum atomic E-state index is 4.57. The van der Waals surface area contributed by atoms with Crippen LogP contribution in [-0.4, -0.2) is 21.5 Å². The maximum Gasteiger partial charge on any atom is 0.225 e. The first-order chi connectivity index (χ1) is 11.3. The minimum atomic E-state index is 0.607. The number of anilines is 3. The number of para-hydroxylation sites is 1. The van der Waals surface area contributed by atoms with E-state index in [1.807, 2.05) is 43.3 Å². The summed E-state index contributed by atoms with van der Waals surface area (Å²) in [6, 6.07) is 13.9. The van der Waals surface area contributed by atoms with Gasteiger partial charge in [0.25, 0.3) is 0 Å². The largest absolute Gasteiger partial charge is 0.354 e. The molecule has 0 bridgehead atoms. The summed E-state index contributed by atoms with van der Waals surface area (Å²) in [6.07, 6.45) is 3.52. The molecule has 0 amide bonds. The fourth-order valence-corrected chi connectivity index (χ4v) is 2.64. The first-order valence-electron chi connectivity index (χ1n) is 7.31. The highest BCUT2D eigenvalue weighted by Crippen LogP contribution is 2.25. The Kier molecular flexibility index (Phi) is 5.02. The molecule has 2 N–H and O–H groups in total. The van der Waals surface area contributed by atoms with Gasteiger partial charge in [-0.3, -0.25) is 4.98 Å². The number of halogens is 1. The molecular formula is C17H16IN5. The Labute approximate surface area is 148 Å². The summed E-state index contributed by atoms with van der Waals surface area (Å²) in [7, 11) is 0. The predicted octanol–water partition coefficient (Wildman–Crippen LogP) is 4.32. The van der Waals surface area contributed by atoms with E-state index in [0.29, 0.717) is 5.95 Å². The Bertz CT molecular complexity index is 792. The molecule has 0 saturated heterocycles. The van der Waals surface area contributed by atoms with Crippen LogP contribution in [0.3, 0.4) is 0 Å². The van der Waals surface area contributed by atoms with Gasteiger partial charge in [-0.1, -0.05) is 12.1 Å². The molecule has 0 aliphatic carbocycles. The highest BCUT2D eigenvalue weighted by molar-refractivity contribution is 14.1. The van der Waals surface area contributed by atoms with Gasteiger partial charge in [-0.25, -0.2) is 4.98 Å². The molecule has 5 nitrogen and oxygen atoms in total. The fourth-order valence-electron chi connectivity index (χ4n) is 2.12. The molecule has 0 atom stereocenters. The van der Waals surface area contributed by atoms with Crippen LogP contribution in [0, 0.1) is 3.57 Å². The van der Waals surface area contributed by atoms with E-state index in [4.69, 9.17) is 0 Å². The second-order valence-electron chi connectivity index (χ2n) is 4.83. The molecule has 0 radical (unpaired) electrons. The zero-order valence-electron chi connectivity index (χ0n) is 12.6. The molecule has 0 saturated carbocycles. The summed E-state index contributed by atoms with van der Waals surface area (Å²) in [6.45, 7) is 2.79. The average molecular weight is 417 g/mol. The van der Waals surface area contributed by atoms with Gasteiger partial charge < -0.3 is 10.6 Å². The monoisotopic (exact) mass is 417 g/mol. The Balaban J connectivity index is 1.99. The van der Waals surface area contributed by atoms with Crippen LogP contribution in [0.4, 0.5) is 17.5 Å². The van der Waals surface area contributed by atoms with Crippen molar-refractivity contribution in [2.75, 3.05) is 17.2 Å². The van der Waals surface area contributed by atoms with Gasteiger partial charge in [0.05, 0.1) is 11.4 Å². The summed E-state index contributed by atoms with van der Waals surface area (Å²) in [4.78, 5) is 13.2. The van der Waals surface area contributed by atoms with Crippen molar-refractivity contribution < 1.29 is 0 Å². The molecule has 0 unspecified atom stereocenters. The number of hydrogen-bond acceptors (Lipinski definition) is 5. The van der Waals surface area contributed by atoms with Gasteiger partial charge in [0.1, 0.15) is 5.82 Å². The summed E-state index contributed by atoms with van der Waals surface area (Å²) in [5, 5.41) is 6.55. The van der Waals surface area contributed by atoms with Gasteiger partial charge in [-0.05, 0) is 53.8 Å². The van der Waals surface area contributed by atoms with Gasteiger partial charge in [-0.15, -0.1) is 0 Å². The van der Waals surface area contributed by atoms with Crippen LogP contribution in [0.15, 0.2) is 54.9 Å². The van der Waals surface area contributed by atoms with E-state index in [9.17, 15) is 0 Å². The molecular weight excluding hydrogens is 401 g/mol. The SMILES string of the molecule is CCNc1nc(Nc2ccccc2I)cc(-c2ccncc2)n1. The zero-order chi connectivity index (χ0) is 16.1. The summed E-state index contributed by atoms with van der Waals surface area (Å²) < 4.78 is 1.14. The lowest BCUT2D eigenvalue weighted by molar-refractivity contribution is 1.09. The summed E-state index contributed by atoms with van der Waals surface area (Å²) in [5.74, 6) is 1.36. The van der Waals surface area contributed by atoms with E-state index in [1.54, 1.807) is 12.4 Å². The molecule has 116 valence electrons. The van der Waals surface area contributed by atoms with Crippen LogP contribution in [-0.2, 0) is 0 Å². The number of nitrogens with one attached hydrogen (secondary N) is 2. The van der Waals surface area contributed by atoms with Crippen LogP contribution >= 0.6 is 22.6 Å². The number of aromatic nitrogens is 3. The molecule has 0 fully saturated rings. The third-order valence-corrected chi connectivity index (χ3v) is 4.11. The van der Waals surface area contributed by atoms with E-state index < -0.39 is 0 Å². The lowest BCUT2D eigenvalue weighted by Crippen LogP contribution is -2.05. The lowest BCUT2D eigenvalue weighted by Gasteiger charge is -2.11. The van der Waals surface area contributed by atoms with Gasteiger partial charge in [0, 0.05) is 34.1 Å². The smallest absolute Gasteiger partial charge is 0.225 e. The van der Waals surface area contributed by atoms with Crippen molar-refractivity contribution in [2.24, 2.45) is 0 Å². The molecule has 2 aromatic heterocycles. The van der Waals surface area contributed by atoms with Crippen molar-refractivity contribution in [3.63, 3.8) is 0 Å². The van der Waals surface area contributed by atoms with Crippen molar-refractivity contribution in [1.29, 1.82) is 0 Å². The van der Waals surface area contributed by atoms with Crippen molar-refractivity contribution in [3.8, 4) is 11.3 Å². The molecule has 0 spiro atoms. The standard InChI is InChI=1S/C17H16IN5/c1-2-20-17-22-15(12-7-9-19-10-8-12)11-16(23-17)21-14-6-4-3-5-13(14)18/h3-11H,2H2,1H3,(H2,20,21,22,23). The average Bonchev–Trinajstić information content (AvgIpc) is 2.58. The fraction of sp³-hybridized carbons (Fsp3) is 0.118. The highest BCUT2D eigenvalue weighted by Gasteiger charge is 2.08. The van der Waals surface area contributed by atoms with Gasteiger partial charge in [0.15, 0.2) is 0 Å². The predicted molar refractivity (Wildman–Crippen MR) is 102 cm³/mol. The van der Waals surface area contributed by atoms with Gasteiger partial charge >= 0.3 is 0 Å². The number of pyridine rings is 1. The molecule has 3 rings (SSSR count). The normalized spacial score (nSPS) is 10.3. The van der Waals surface area contributed by atoms with Crippen LogP contribution in [0.5, 0.6) is 0 Å². The van der Waals surface area contributed by atoms with Crippen LogP contribution in [0.1, 0.15) is 6.92 Å². The molecule has 2 heterocycles. The molecule has 1 aromatic carbocycles.